The molecule has 3 aromatic rings. The Morgan fingerprint density at radius 2 is 2.09 bits per heavy atom. The highest BCUT2D eigenvalue weighted by atomic mass is 127. The summed E-state index contributed by atoms with van der Waals surface area (Å²) in [6.45, 7) is 1.14. The number of rotatable bonds is 5. The molecule has 7 heteroatoms. The van der Waals surface area contributed by atoms with Gasteiger partial charge in [-0.2, -0.15) is 0 Å². The molecular formula is C25H27IN2O4. The van der Waals surface area contributed by atoms with Gasteiger partial charge in [0, 0.05) is 23.5 Å². The first-order valence-corrected chi connectivity index (χ1v) is 10.6. The fourth-order valence-electron chi connectivity index (χ4n) is 4.79. The number of hydrogen-bond acceptors (Lipinski definition) is 4. The van der Waals surface area contributed by atoms with Gasteiger partial charge in [-0.3, -0.25) is 4.79 Å². The number of fused-ring (bicyclic) bond motifs is 3. The van der Waals surface area contributed by atoms with Crippen molar-refractivity contribution in [1.29, 1.82) is 0 Å². The van der Waals surface area contributed by atoms with E-state index >= 15 is 0 Å². The van der Waals surface area contributed by atoms with Crippen LogP contribution in [0, 0.1) is 0 Å². The average Bonchev–Trinajstić information content (AvgIpc) is 3.39. The second-order valence-corrected chi connectivity index (χ2v) is 8.78. The number of halogens is 1. The number of hydrogen-bond donors (Lipinski definition) is 1. The van der Waals surface area contributed by atoms with Crippen LogP contribution in [0.15, 0.2) is 42.6 Å². The van der Waals surface area contributed by atoms with Crippen LogP contribution in [0.4, 0.5) is 0 Å². The Balaban J connectivity index is 0.00000245. The van der Waals surface area contributed by atoms with Gasteiger partial charge in [-0.25, -0.2) is 0 Å². The predicted molar refractivity (Wildman–Crippen MR) is 119 cm³/mol. The van der Waals surface area contributed by atoms with Gasteiger partial charge in [0.05, 0.1) is 39.7 Å². The molecule has 5 rings (SSSR count). The molecule has 0 amide bonds. The van der Waals surface area contributed by atoms with Crippen LogP contribution in [0.2, 0.25) is 0 Å². The summed E-state index contributed by atoms with van der Waals surface area (Å²) in [6, 6.07) is 10.1. The van der Waals surface area contributed by atoms with Crippen LogP contribution in [0.1, 0.15) is 29.2 Å². The zero-order valence-corrected chi connectivity index (χ0v) is 20.6. The van der Waals surface area contributed by atoms with E-state index in [1.807, 2.05) is 30.5 Å². The molecule has 2 aliphatic rings. The number of carbonyl (C=O) groups is 1. The standard InChI is InChI=1S/C25H26N2O4.HI/c1-27(2)11-10-16-12-22-24(31-15-30-22)25(29-3)23(16)21(27)13-18(28)9-8-17-14-26-20-7-5-4-6-19(17)20;/h4-9,12,14,21H,10-11,13,15H2,1-3H3;1H. The van der Waals surface area contributed by atoms with Crippen molar-refractivity contribution in [2.24, 2.45) is 0 Å². The summed E-state index contributed by atoms with van der Waals surface area (Å²) in [7, 11) is 6.00. The number of aromatic amines is 1. The quantitative estimate of drug-likeness (QED) is 0.298. The molecular weight excluding hydrogens is 519 g/mol. The van der Waals surface area contributed by atoms with Gasteiger partial charge >= 0.3 is 0 Å². The highest BCUT2D eigenvalue weighted by Gasteiger charge is 2.41. The highest BCUT2D eigenvalue weighted by Crippen LogP contribution is 2.51. The van der Waals surface area contributed by atoms with Crippen LogP contribution in [-0.4, -0.2) is 49.8 Å². The number of aromatic nitrogens is 1. The first-order chi connectivity index (χ1) is 15.0. The van der Waals surface area contributed by atoms with E-state index in [2.05, 4.69) is 31.2 Å². The Kier molecular flexibility index (Phi) is 6.22. The van der Waals surface area contributed by atoms with Gasteiger partial charge in [-0.15, -0.1) is 0 Å². The Hall–Kier alpha value is -2.52. The number of likely N-dealkylation sites (N-methyl/N-ethyl adjacent to an activating group) is 1. The lowest BCUT2D eigenvalue weighted by molar-refractivity contribution is -0.922. The summed E-state index contributed by atoms with van der Waals surface area (Å²) in [5.74, 6) is 2.17. The van der Waals surface area contributed by atoms with E-state index < -0.39 is 0 Å². The Bertz CT molecular complexity index is 1200. The van der Waals surface area contributed by atoms with Crippen LogP contribution in [0.25, 0.3) is 17.0 Å². The number of carbonyl (C=O) groups excluding carboxylic acids is 1. The molecule has 0 spiro atoms. The van der Waals surface area contributed by atoms with Crippen LogP contribution < -0.4 is 38.2 Å². The van der Waals surface area contributed by atoms with Crippen molar-refractivity contribution in [3.63, 3.8) is 0 Å². The van der Waals surface area contributed by atoms with Gasteiger partial charge in [0.2, 0.25) is 12.5 Å². The summed E-state index contributed by atoms with van der Waals surface area (Å²) in [4.78, 5) is 16.3. The summed E-state index contributed by atoms with van der Waals surface area (Å²) in [5, 5.41) is 1.11. The van der Waals surface area contributed by atoms with Crippen molar-refractivity contribution in [3.05, 3.63) is 59.3 Å². The molecule has 1 unspecified atom stereocenters. The third-order valence-corrected chi connectivity index (χ3v) is 6.55. The molecule has 1 atom stereocenters. The summed E-state index contributed by atoms with van der Waals surface area (Å²) >= 11 is 0. The van der Waals surface area contributed by atoms with Crippen LogP contribution in [-0.2, 0) is 11.2 Å². The Morgan fingerprint density at radius 1 is 1.28 bits per heavy atom. The van der Waals surface area contributed by atoms with E-state index in [9.17, 15) is 4.79 Å². The molecule has 0 aliphatic carbocycles. The first-order valence-electron chi connectivity index (χ1n) is 10.6. The lowest BCUT2D eigenvalue weighted by Gasteiger charge is -2.43. The van der Waals surface area contributed by atoms with E-state index in [1.54, 1.807) is 13.2 Å². The van der Waals surface area contributed by atoms with Crippen molar-refractivity contribution < 1.29 is 47.5 Å². The molecule has 1 N–H and O–H groups in total. The first kappa shape index (κ1) is 22.7. The number of benzene rings is 2. The maximum atomic E-state index is 13.1. The smallest absolute Gasteiger partial charge is 0.231 e. The van der Waals surface area contributed by atoms with Crippen LogP contribution >= 0.6 is 0 Å². The van der Waals surface area contributed by atoms with Crippen LogP contribution in [0.5, 0.6) is 17.2 Å². The number of ether oxygens (including phenoxy) is 3. The molecule has 6 nitrogen and oxygen atoms in total. The number of methoxy groups -OCH3 is 1. The third kappa shape index (κ3) is 3.88. The normalized spacial score (nSPS) is 18.4. The lowest BCUT2D eigenvalue weighted by Crippen LogP contribution is -3.00. The van der Waals surface area contributed by atoms with E-state index in [0.29, 0.717) is 17.9 Å². The average molecular weight is 546 g/mol. The molecule has 2 aromatic carbocycles. The molecule has 168 valence electrons. The number of allylic oxidation sites excluding steroid dienone is 1. The van der Waals surface area contributed by atoms with Gasteiger partial charge in [0.25, 0.3) is 0 Å². The minimum Gasteiger partial charge on any atom is -1.00 e. The minimum atomic E-state index is -0.0201. The van der Waals surface area contributed by atoms with Crippen molar-refractivity contribution in [3.8, 4) is 17.2 Å². The van der Waals surface area contributed by atoms with E-state index in [4.69, 9.17) is 14.2 Å². The SMILES string of the molecule is COc1c2c(cc3c1C(CC(=O)/C=C/c1c[nH]c4ccccc14)[N+](C)(C)CC3)OCO2.[I-]. The molecule has 0 bridgehead atoms. The number of nitrogens with zero attached hydrogens (tertiary/aromatic N) is 1. The number of quaternary nitrogens is 1. The van der Waals surface area contributed by atoms with Crippen molar-refractivity contribution in [2.75, 3.05) is 34.5 Å². The second-order valence-electron chi connectivity index (χ2n) is 8.78. The van der Waals surface area contributed by atoms with Gasteiger partial charge in [-0.1, -0.05) is 18.2 Å². The molecule has 3 heterocycles. The molecule has 32 heavy (non-hydrogen) atoms. The number of H-pyrrole nitrogens is 1. The van der Waals surface area contributed by atoms with Crippen LogP contribution in [0.3, 0.4) is 0 Å². The van der Waals surface area contributed by atoms with E-state index in [0.717, 1.165) is 45.2 Å². The summed E-state index contributed by atoms with van der Waals surface area (Å²) in [6.07, 6.45) is 6.85. The maximum Gasteiger partial charge on any atom is 0.231 e. The molecule has 2 aliphatic heterocycles. The zero-order valence-electron chi connectivity index (χ0n) is 18.5. The fourth-order valence-corrected chi connectivity index (χ4v) is 4.79. The fraction of sp³-hybridized carbons (Fsp3) is 0.320. The Morgan fingerprint density at radius 3 is 2.91 bits per heavy atom. The third-order valence-electron chi connectivity index (χ3n) is 6.55. The predicted octanol–water partition coefficient (Wildman–Crippen LogP) is 1.26. The van der Waals surface area contributed by atoms with E-state index in [-0.39, 0.29) is 42.6 Å². The minimum absolute atomic E-state index is 0. The van der Waals surface area contributed by atoms with Crippen molar-refractivity contribution >= 4 is 22.8 Å². The number of para-hydroxylation sites is 1. The summed E-state index contributed by atoms with van der Waals surface area (Å²) in [5.41, 5.74) is 4.32. The van der Waals surface area contributed by atoms with Gasteiger partial charge in [-0.05, 0) is 35.4 Å². The van der Waals surface area contributed by atoms with Crippen molar-refractivity contribution in [2.45, 2.75) is 18.9 Å². The van der Waals surface area contributed by atoms with Crippen molar-refractivity contribution in [1.82, 2.24) is 4.98 Å². The second kappa shape index (κ2) is 8.78. The zero-order chi connectivity index (χ0) is 21.6. The molecule has 0 saturated carbocycles. The van der Waals surface area contributed by atoms with Gasteiger partial charge in [0.15, 0.2) is 17.3 Å². The molecule has 1 aromatic heterocycles. The number of ketones is 1. The van der Waals surface area contributed by atoms with E-state index in [1.165, 1.54) is 5.56 Å². The molecule has 0 saturated heterocycles. The topological polar surface area (TPSA) is 60.6 Å². The molecule has 0 fully saturated rings. The largest absolute Gasteiger partial charge is 1.00 e. The maximum absolute atomic E-state index is 13.1. The van der Waals surface area contributed by atoms with Gasteiger partial charge < -0.3 is 47.7 Å². The lowest BCUT2D eigenvalue weighted by atomic mass is 9.86. The Labute approximate surface area is 204 Å². The molecule has 0 radical (unpaired) electrons. The highest BCUT2D eigenvalue weighted by molar-refractivity contribution is 5.97. The monoisotopic (exact) mass is 546 g/mol. The number of nitrogens with one attached hydrogen (secondary N) is 1. The summed E-state index contributed by atoms with van der Waals surface area (Å²) < 4.78 is 17.8. The van der Waals surface area contributed by atoms with Gasteiger partial charge in [0.1, 0.15) is 6.04 Å².